The Morgan fingerprint density at radius 1 is 1.15 bits per heavy atom. The second-order valence-electron chi connectivity index (χ2n) is 8.22. The first-order valence-electron chi connectivity index (χ1n) is 10.6. The van der Waals surface area contributed by atoms with E-state index in [0.29, 0.717) is 16.9 Å². The molecule has 1 aliphatic rings. The van der Waals surface area contributed by atoms with Gasteiger partial charge in [0.25, 0.3) is 11.7 Å². The van der Waals surface area contributed by atoms with E-state index in [4.69, 9.17) is 4.74 Å². The van der Waals surface area contributed by atoms with Gasteiger partial charge in [0.05, 0.1) is 11.7 Å². The molecule has 1 fully saturated rings. The van der Waals surface area contributed by atoms with Crippen molar-refractivity contribution in [2.75, 3.05) is 0 Å². The highest BCUT2D eigenvalue weighted by Crippen LogP contribution is 2.43. The number of hydrogen-bond acceptors (Lipinski definition) is 5. The largest absolute Gasteiger partial charge is 0.507 e. The first kappa shape index (κ1) is 22.7. The summed E-state index contributed by atoms with van der Waals surface area (Å²) >= 11 is 1.42. The van der Waals surface area contributed by atoms with E-state index >= 15 is 0 Å². The van der Waals surface area contributed by atoms with Crippen molar-refractivity contribution in [2.24, 2.45) is 0 Å². The fourth-order valence-corrected chi connectivity index (χ4v) is 4.96. The maximum Gasteiger partial charge on any atom is 0.295 e. The molecule has 3 aromatic rings. The Kier molecular flexibility index (Phi) is 6.33. The average Bonchev–Trinajstić information content (AvgIpc) is 3.30. The van der Waals surface area contributed by atoms with Crippen molar-refractivity contribution in [2.45, 2.75) is 39.5 Å². The van der Waals surface area contributed by atoms with Crippen molar-refractivity contribution in [1.82, 2.24) is 4.90 Å². The molecule has 0 saturated carbocycles. The highest BCUT2D eigenvalue weighted by atomic mass is 32.1. The van der Waals surface area contributed by atoms with Gasteiger partial charge in [0.1, 0.15) is 23.4 Å². The number of Topliss-reactive ketones (excluding diaryl/α,β-unsaturated/α-hetero) is 1. The van der Waals surface area contributed by atoms with Gasteiger partial charge < -0.3 is 14.7 Å². The van der Waals surface area contributed by atoms with Crippen LogP contribution in [0.2, 0.25) is 0 Å². The molecule has 1 unspecified atom stereocenters. The third-order valence-corrected chi connectivity index (χ3v) is 6.51. The zero-order valence-corrected chi connectivity index (χ0v) is 19.4. The molecular formula is C26H24FNO4S. The summed E-state index contributed by atoms with van der Waals surface area (Å²) in [5, 5.41) is 13.1. The zero-order chi connectivity index (χ0) is 23.7. The van der Waals surface area contributed by atoms with Crippen molar-refractivity contribution in [3.63, 3.8) is 0 Å². The lowest BCUT2D eigenvalue weighted by atomic mass is 9.98. The first-order chi connectivity index (χ1) is 15.8. The Morgan fingerprint density at radius 3 is 2.52 bits per heavy atom. The van der Waals surface area contributed by atoms with Crippen LogP contribution >= 0.6 is 11.3 Å². The minimum Gasteiger partial charge on any atom is -0.507 e. The number of ketones is 1. The predicted molar refractivity (Wildman–Crippen MR) is 126 cm³/mol. The molecule has 1 N–H and O–H groups in total. The molecule has 1 atom stereocenters. The van der Waals surface area contributed by atoms with Gasteiger partial charge in [0.2, 0.25) is 0 Å². The summed E-state index contributed by atoms with van der Waals surface area (Å²) in [7, 11) is 0. The quantitative estimate of drug-likeness (QED) is 0.292. The molecule has 1 saturated heterocycles. The predicted octanol–water partition coefficient (Wildman–Crippen LogP) is 5.60. The molecule has 2 heterocycles. The fourth-order valence-electron chi connectivity index (χ4n) is 3.91. The van der Waals surface area contributed by atoms with Gasteiger partial charge in [-0.3, -0.25) is 9.59 Å². The van der Waals surface area contributed by atoms with Crippen LogP contribution in [0.15, 0.2) is 65.6 Å². The Bertz CT molecular complexity index is 1230. The number of aliphatic hydroxyl groups is 1. The van der Waals surface area contributed by atoms with E-state index in [1.54, 1.807) is 36.4 Å². The van der Waals surface area contributed by atoms with Gasteiger partial charge in [-0.15, -0.1) is 11.3 Å². The van der Waals surface area contributed by atoms with Gasteiger partial charge >= 0.3 is 0 Å². The van der Waals surface area contributed by atoms with Crippen molar-refractivity contribution in [1.29, 1.82) is 0 Å². The van der Waals surface area contributed by atoms with Crippen LogP contribution in [-0.4, -0.2) is 27.8 Å². The van der Waals surface area contributed by atoms with Crippen molar-refractivity contribution < 1.29 is 23.8 Å². The maximum absolute atomic E-state index is 13.4. The van der Waals surface area contributed by atoms with E-state index in [1.165, 1.54) is 28.4 Å². The summed E-state index contributed by atoms with van der Waals surface area (Å²) in [6.07, 6.45) is -0.0579. The fraction of sp³-hybridized carbons (Fsp3) is 0.231. The number of carbonyl (C=O) groups is 2. The molecule has 0 aliphatic carbocycles. The molecule has 33 heavy (non-hydrogen) atoms. The lowest BCUT2D eigenvalue weighted by molar-refractivity contribution is -0.140. The second kappa shape index (κ2) is 9.19. The molecule has 4 rings (SSSR count). The monoisotopic (exact) mass is 465 g/mol. The van der Waals surface area contributed by atoms with Crippen LogP contribution in [0, 0.1) is 12.7 Å². The van der Waals surface area contributed by atoms with Crippen LogP contribution in [-0.2, 0) is 16.1 Å². The minimum absolute atomic E-state index is 0.0364. The van der Waals surface area contributed by atoms with Crippen molar-refractivity contribution >= 4 is 28.8 Å². The smallest absolute Gasteiger partial charge is 0.295 e. The Hall–Kier alpha value is -3.45. The van der Waals surface area contributed by atoms with E-state index < -0.39 is 17.7 Å². The number of ether oxygens (including phenoxy) is 1. The minimum atomic E-state index is -0.748. The van der Waals surface area contributed by atoms with Crippen LogP contribution < -0.4 is 4.74 Å². The molecule has 1 aliphatic heterocycles. The van der Waals surface area contributed by atoms with Gasteiger partial charge in [0, 0.05) is 17.0 Å². The van der Waals surface area contributed by atoms with Crippen LogP contribution in [0.4, 0.5) is 4.39 Å². The van der Waals surface area contributed by atoms with Gasteiger partial charge in [-0.25, -0.2) is 4.39 Å². The number of nitrogens with zero attached hydrogens (tertiary/aromatic N) is 1. The van der Waals surface area contributed by atoms with E-state index in [-0.39, 0.29) is 29.8 Å². The summed E-state index contributed by atoms with van der Waals surface area (Å²) in [6, 6.07) is 13.8. The number of rotatable bonds is 6. The van der Waals surface area contributed by atoms with Gasteiger partial charge in [0.15, 0.2) is 0 Å². The van der Waals surface area contributed by atoms with E-state index in [9.17, 15) is 19.1 Å². The normalized spacial score (nSPS) is 17.7. The third-order valence-electron chi connectivity index (χ3n) is 5.44. The van der Waals surface area contributed by atoms with E-state index in [0.717, 1.165) is 10.4 Å². The number of halogens is 1. The van der Waals surface area contributed by atoms with Gasteiger partial charge in [-0.05, 0) is 67.6 Å². The summed E-state index contributed by atoms with van der Waals surface area (Å²) in [4.78, 5) is 28.5. The highest BCUT2D eigenvalue weighted by molar-refractivity contribution is 7.10. The molecule has 170 valence electrons. The number of hydrogen-bond donors (Lipinski definition) is 1. The first-order valence-corrected chi connectivity index (χ1v) is 11.5. The number of aliphatic hydroxyl groups excluding tert-OH is 1. The summed E-state index contributed by atoms with van der Waals surface area (Å²) < 4.78 is 19.1. The SMILES string of the molecule is Cc1ccsc1C1/C(=C(/O)c2cccc(OC(C)C)c2)C(=O)C(=O)N1Cc1ccc(F)cc1. The lowest BCUT2D eigenvalue weighted by Crippen LogP contribution is -2.29. The Morgan fingerprint density at radius 2 is 1.88 bits per heavy atom. The zero-order valence-electron chi connectivity index (χ0n) is 18.5. The maximum atomic E-state index is 13.4. The van der Waals surface area contributed by atoms with E-state index in [2.05, 4.69) is 0 Å². The second-order valence-corrected chi connectivity index (χ2v) is 9.16. The molecule has 5 nitrogen and oxygen atoms in total. The topological polar surface area (TPSA) is 66.8 Å². The Labute approximate surface area is 195 Å². The number of carbonyl (C=O) groups excluding carboxylic acids is 2. The van der Waals surface area contributed by atoms with Crippen molar-refractivity contribution in [3.05, 3.63) is 92.9 Å². The Balaban J connectivity index is 1.82. The molecule has 2 aromatic carbocycles. The molecular weight excluding hydrogens is 441 g/mol. The number of aryl methyl sites for hydroxylation is 1. The van der Waals surface area contributed by atoms with Gasteiger partial charge in [-0.2, -0.15) is 0 Å². The number of amides is 1. The number of thiophene rings is 1. The lowest BCUT2D eigenvalue weighted by Gasteiger charge is -2.25. The molecule has 1 amide bonds. The van der Waals surface area contributed by atoms with Crippen LogP contribution in [0.25, 0.3) is 5.76 Å². The number of benzene rings is 2. The summed E-state index contributed by atoms with van der Waals surface area (Å²) in [5.41, 5.74) is 2.03. The van der Waals surface area contributed by atoms with Crippen LogP contribution in [0.5, 0.6) is 5.75 Å². The van der Waals surface area contributed by atoms with Gasteiger partial charge in [-0.1, -0.05) is 24.3 Å². The molecule has 0 radical (unpaired) electrons. The number of likely N-dealkylation sites (tertiary alicyclic amines) is 1. The molecule has 0 bridgehead atoms. The standard InChI is InChI=1S/C26H24FNO4S/c1-15(2)32-20-6-4-5-18(13-20)23(29)21-22(25-16(3)11-12-33-25)28(26(31)24(21)30)14-17-7-9-19(27)10-8-17/h4-13,15,22,29H,14H2,1-3H3/b23-21-. The third kappa shape index (κ3) is 4.54. The van der Waals surface area contributed by atoms with E-state index in [1.807, 2.05) is 32.2 Å². The summed E-state index contributed by atoms with van der Waals surface area (Å²) in [5.74, 6) is -1.52. The molecule has 1 aromatic heterocycles. The van der Waals surface area contributed by atoms with Crippen LogP contribution in [0.1, 0.15) is 41.5 Å². The molecule has 7 heteroatoms. The average molecular weight is 466 g/mol. The highest BCUT2D eigenvalue weighted by Gasteiger charge is 2.47. The molecule has 0 spiro atoms. The van der Waals surface area contributed by atoms with Crippen molar-refractivity contribution in [3.8, 4) is 5.75 Å². The van der Waals surface area contributed by atoms with Crippen LogP contribution in [0.3, 0.4) is 0 Å². The summed E-state index contributed by atoms with van der Waals surface area (Å²) in [6.45, 7) is 5.81.